The van der Waals surface area contributed by atoms with Crippen molar-refractivity contribution in [1.29, 1.82) is 0 Å². The molecule has 0 amide bonds. The van der Waals surface area contributed by atoms with E-state index in [0.717, 1.165) is 35.4 Å². The first-order valence-corrected chi connectivity index (χ1v) is 11.5. The first-order chi connectivity index (χ1) is 15.1. The predicted molar refractivity (Wildman–Crippen MR) is 123 cm³/mol. The Hall–Kier alpha value is -2.26. The summed E-state index contributed by atoms with van der Waals surface area (Å²) in [6, 6.07) is 15.2. The van der Waals surface area contributed by atoms with Crippen LogP contribution in [0.4, 0.5) is 5.95 Å². The standard InChI is InChI=1S/C22H25ClN4O3S/c1-16-4-2-3-5-20(16)27-21(26-10-12-29-13-11-26)24-25-22(27)31-15-18(28)14-30-19-8-6-17(23)7-9-19/h2-9,18,28H,10-15H2,1H3. The van der Waals surface area contributed by atoms with Gasteiger partial charge in [-0.05, 0) is 42.8 Å². The highest BCUT2D eigenvalue weighted by atomic mass is 35.5. The second kappa shape index (κ2) is 10.4. The average Bonchev–Trinajstić information content (AvgIpc) is 3.22. The number of aryl methyl sites for hydroxylation is 1. The third kappa shape index (κ3) is 5.51. The highest BCUT2D eigenvalue weighted by Gasteiger charge is 2.23. The molecule has 9 heteroatoms. The number of anilines is 1. The van der Waals surface area contributed by atoms with Gasteiger partial charge >= 0.3 is 0 Å². The molecule has 164 valence electrons. The van der Waals surface area contributed by atoms with Crippen molar-refractivity contribution in [2.45, 2.75) is 18.2 Å². The van der Waals surface area contributed by atoms with Crippen molar-refractivity contribution < 1.29 is 14.6 Å². The quantitative estimate of drug-likeness (QED) is 0.515. The molecule has 1 aliphatic heterocycles. The van der Waals surface area contributed by atoms with Gasteiger partial charge in [-0.3, -0.25) is 4.57 Å². The van der Waals surface area contributed by atoms with Crippen molar-refractivity contribution in [3.8, 4) is 11.4 Å². The number of benzene rings is 2. The average molecular weight is 461 g/mol. The van der Waals surface area contributed by atoms with E-state index in [4.69, 9.17) is 21.1 Å². The van der Waals surface area contributed by atoms with E-state index in [9.17, 15) is 5.11 Å². The Kier molecular flexibility index (Phi) is 7.34. The van der Waals surface area contributed by atoms with Gasteiger partial charge in [0.25, 0.3) is 0 Å². The van der Waals surface area contributed by atoms with E-state index in [1.807, 2.05) is 12.1 Å². The highest BCUT2D eigenvalue weighted by Crippen LogP contribution is 2.29. The molecule has 1 aliphatic rings. The zero-order valence-electron chi connectivity index (χ0n) is 17.3. The molecule has 0 spiro atoms. The molecule has 31 heavy (non-hydrogen) atoms. The van der Waals surface area contributed by atoms with Crippen LogP contribution in [-0.2, 0) is 4.74 Å². The maximum atomic E-state index is 10.4. The van der Waals surface area contributed by atoms with Crippen LogP contribution in [0.3, 0.4) is 0 Å². The summed E-state index contributed by atoms with van der Waals surface area (Å²) in [4.78, 5) is 2.19. The van der Waals surface area contributed by atoms with E-state index in [-0.39, 0.29) is 6.61 Å². The SMILES string of the molecule is Cc1ccccc1-n1c(SCC(O)COc2ccc(Cl)cc2)nnc1N1CCOCC1. The third-order valence-corrected chi connectivity index (χ3v) is 6.25. The molecule has 1 aromatic heterocycles. The number of ether oxygens (including phenoxy) is 2. The van der Waals surface area contributed by atoms with Gasteiger partial charge < -0.3 is 19.5 Å². The van der Waals surface area contributed by atoms with E-state index in [1.54, 1.807) is 24.3 Å². The number of hydrogen-bond acceptors (Lipinski definition) is 7. The van der Waals surface area contributed by atoms with Gasteiger partial charge in [0.05, 0.1) is 25.0 Å². The van der Waals surface area contributed by atoms with Gasteiger partial charge in [-0.2, -0.15) is 0 Å². The molecule has 1 N–H and O–H groups in total. The van der Waals surface area contributed by atoms with E-state index < -0.39 is 6.10 Å². The summed E-state index contributed by atoms with van der Waals surface area (Å²) in [6.45, 7) is 5.14. The summed E-state index contributed by atoms with van der Waals surface area (Å²) >= 11 is 7.35. The van der Waals surface area contributed by atoms with Crippen LogP contribution in [0.1, 0.15) is 5.56 Å². The van der Waals surface area contributed by atoms with Gasteiger partial charge in [0.1, 0.15) is 12.4 Å². The van der Waals surface area contributed by atoms with Crippen LogP contribution in [-0.4, -0.2) is 64.6 Å². The Bertz CT molecular complexity index is 993. The Labute approximate surface area is 190 Å². The number of aliphatic hydroxyl groups is 1. The Balaban J connectivity index is 1.47. The van der Waals surface area contributed by atoms with Crippen LogP contribution in [0.2, 0.25) is 5.02 Å². The minimum atomic E-state index is -0.658. The maximum Gasteiger partial charge on any atom is 0.232 e. The summed E-state index contributed by atoms with van der Waals surface area (Å²) in [5, 5.41) is 20.7. The molecule has 2 heterocycles. The zero-order valence-corrected chi connectivity index (χ0v) is 18.8. The van der Waals surface area contributed by atoms with Crippen LogP contribution >= 0.6 is 23.4 Å². The Morgan fingerprint density at radius 3 is 2.61 bits per heavy atom. The van der Waals surface area contributed by atoms with Crippen LogP contribution in [0.15, 0.2) is 53.7 Å². The number of thioether (sulfide) groups is 1. The fraction of sp³-hybridized carbons (Fsp3) is 0.364. The lowest BCUT2D eigenvalue weighted by atomic mass is 10.2. The second-order valence-electron chi connectivity index (χ2n) is 7.23. The minimum absolute atomic E-state index is 0.184. The number of nitrogens with zero attached hydrogens (tertiary/aromatic N) is 4. The van der Waals surface area contributed by atoms with E-state index in [1.165, 1.54) is 11.8 Å². The normalized spacial score (nSPS) is 15.1. The Morgan fingerprint density at radius 2 is 1.87 bits per heavy atom. The molecular formula is C22H25ClN4O3S. The van der Waals surface area contributed by atoms with Crippen LogP contribution in [0.5, 0.6) is 5.75 Å². The first-order valence-electron chi connectivity index (χ1n) is 10.1. The molecule has 1 saturated heterocycles. The smallest absolute Gasteiger partial charge is 0.232 e. The number of morpholine rings is 1. The number of aromatic nitrogens is 3. The highest BCUT2D eigenvalue weighted by molar-refractivity contribution is 7.99. The fourth-order valence-corrected chi connectivity index (χ4v) is 4.26. The van der Waals surface area contributed by atoms with E-state index in [2.05, 4.69) is 38.7 Å². The van der Waals surface area contributed by atoms with Crippen molar-refractivity contribution in [2.24, 2.45) is 0 Å². The lowest BCUT2D eigenvalue weighted by molar-refractivity contribution is 0.122. The van der Waals surface area contributed by atoms with Crippen molar-refractivity contribution in [3.05, 3.63) is 59.1 Å². The molecule has 1 atom stereocenters. The van der Waals surface area contributed by atoms with E-state index >= 15 is 0 Å². The van der Waals surface area contributed by atoms with Crippen LogP contribution < -0.4 is 9.64 Å². The molecule has 0 aliphatic carbocycles. The summed E-state index contributed by atoms with van der Waals surface area (Å²) in [5.74, 6) is 1.90. The molecule has 2 aromatic carbocycles. The van der Waals surface area contributed by atoms with Gasteiger partial charge in [0.2, 0.25) is 5.95 Å². The molecule has 1 unspecified atom stereocenters. The monoisotopic (exact) mass is 460 g/mol. The van der Waals surface area contributed by atoms with Crippen molar-refractivity contribution in [1.82, 2.24) is 14.8 Å². The maximum absolute atomic E-state index is 10.4. The van der Waals surface area contributed by atoms with Crippen LogP contribution in [0.25, 0.3) is 5.69 Å². The van der Waals surface area contributed by atoms with Gasteiger partial charge in [0, 0.05) is 23.9 Å². The predicted octanol–water partition coefficient (Wildman–Crippen LogP) is 3.60. The topological polar surface area (TPSA) is 72.6 Å². The summed E-state index contributed by atoms with van der Waals surface area (Å²) in [5.41, 5.74) is 2.16. The summed E-state index contributed by atoms with van der Waals surface area (Å²) < 4.78 is 13.2. The molecule has 3 aromatic rings. The molecule has 1 fully saturated rings. The largest absolute Gasteiger partial charge is 0.491 e. The molecule has 7 nitrogen and oxygen atoms in total. The number of aliphatic hydroxyl groups excluding tert-OH is 1. The van der Waals surface area contributed by atoms with Crippen LogP contribution in [0, 0.1) is 6.92 Å². The zero-order chi connectivity index (χ0) is 21.6. The fourth-order valence-electron chi connectivity index (χ4n) is 3.29. The third-order valence-electron chi connectivity index (χ3n) is 4.93. The van der Waals surface area contributed by atoms with Crippen molar-refractivity contribution >= 4 is 29.3 Å². The van der Waals surface area contributed by atoms with Gasteiger partial charge in [-0.25, -0.2) is 0 Å². The number of para-hydroxylation sites is 1. The summed E-state index contributed by atoms with van der Waals surface area (Å²) in [7, 11) is 0. The number of halogens is 1. The van der Waals surface area contributed by atoms with E-state index in [0.29, 0.717) is 29.7 Å². The van der Waals surface area contributed by atoms with Crippen molar-refractivity contribution in [2.75, 3.05) is 43.6 Å². The molecular weight excluding hydrogens is 436 g/mol. The lowest BCUT2D eigenvalue weighted by Gasteiger charge is -2.28. The molecule has 0 bridgehead atoms. The summed E-state index contributed by atoms with van der Waals surface area (Å²) in [6.07, 6.45) is -0.658. The number of rotatable bonds is 8. The Morgan fingerprint density at radius 1 is 1.13 bits per heavy atom. The lowest BCUT2D eigenvalue weighted by Crippen LogP contribution is -2.38. The number of hydrogen-bond donors (Lipinski definition) is 1. The van der Waals surface area contributed by atoms with Crippen molar-refractivity contribution in [3.63, 3.8) is 0 Å². The molecule has 4 rings (SSSR count). The minimum Gasteiger partial charge on any atom is -0.491 e. The van der Waals surface area contributed by atoms with Gasteiger partial charge in [-0.1, -0.05) is 41.6 Å². The van der Waals surface area contributed by atoms with Gasteiger partial charge in [0.15, 0.2) is 5.16 Å². The molecule has 0 saturated carbocycles. The second-order valence-corrected chi connectivity index (χ2v) is 8.66. The van der Waals surface area contributed by atoms with Gasteiger partial charge in [-0.15, -0.1) is 10.2 Å². The first kappa shape index (κ1) is 22.0. The molecule has 0 radical (unpaired) electrons.